The summed E-state index contributed by atoms with van der Waals surface area (Å²) in [7, 11) is 0. The molecule has 2 N–H and O–H groups in total. The van der Waals surface area contributed by atoms with Gasteiger partial charge >= 0.3 is 0 Å². The zero-order chi connectivity index (χ0) is 22.5. The third-order valence-electron chi connectivity index (χ3n) is 4.56. The quantitative estimate of drug-likeness (QED) is 0.303. The first kappa shape index (κ1) is 24.7. The van der Waals surface area contributed by atoms with E-state index in [0.717, 1.165) is 24.5 Å². The topological polar surface area (TPSA) is 59.6 Å². The standard InChI is InChI=1S/C25H34N2O3S/c1-4-5-6-7-10-17-29-21-15-13-20(14-16-21)26-25(31)27-24(28)22-11-8-9-12-23(22)30-18-19(2)3/h8-9,11-16,19H,4-7,10,17-18H2,1-3H3,(H2,26,27,28,31). The van der Waals surface area contributed by atoms with Crippen molar-refractivity contribution in [3.8, 4) is 11.5 Å². The van der Waals surface area contributed by atoms with Gasteiger partial charge in [-0.25, -0.2) is 0 Å². The number of amides is 1. The number of rotatable bonds is 12. The molecule has 0 saturated heterocycles. The van der Waals surface area contributed by atoms with Crippen LogP contribution in [0, 0.1) is 5.92 Å². The zero-order valence-electron chi connectivity index (χ0n) is 18.8. The Morgan fingerprint density at radius 2 is 1.68 bits per heavy atom. The lowest BCUT2D eigenvalue weighted by atomic mass is 10.2. The second kappa shape index (κ2) is 13.7. The molecule has 0 spiro atoms. The summed E-state index contributed by atoms with van der Waals surface area (Å²) in [5.74, 6) is 1.44. The van der Waals surface area contributed by atoms with Crippen molar-refractivity contribution in [3.05, 3.63) is 54.1 Å². The van der Waals surface area contributed by atoms with Gasteiger partial charge in [0.15, 0.2) is 5.11 Å². The van der Waals surface area contributed by atoms with Crippen LogP contribution in [-0.2, 0) is 0 Å². The fraction of sp³-hybridized carbons (Fsp3) is 0.440. The predicted molar refractivity (Wildman–Crippen MR) is 131 cm³/mol. The Kier molecular flexibility index (Phi) is 10.9. The number of hydrogen-bond donors (Lipinski definition) is 2. The lowest BCUT2D eigenvalue weighted by Gasteiger charge is -2.14. The van der Waals surface area contributed by atoms with Crippen LogP contribution in [0.2, 0.25) is 0 Å². The Labute approximate surface area is 191 Å². The average molecular weight is 443 g/mol. The number of unbranched alkanes of at least 4 members (excludes halogenated alkanes) is 4. The molecule has 0 aliphatic rings. The van der Waals surface area contributed by atoms with Crippen LogP contribution in [0.25, 0.3) is 0 Å². The summed E-state index contributed by atoms with van der Waals surface area (Å²) < 4.78 is 11.5. The Hall–Kier alpha value is -2.60. The van der Waals surface area contributed by atoms with E-state index in [0.29, 0.717) is 23.8 Å². The Morgan fingerprint density at radius 1 is 0.968 bits per heavy atom. The largest absolute Gasteiger partial charge is 0.494 e. The average Bonchev–Trinajstić information content (AvgIpc) is 2.76. The van der Waals surface area contributed by atoms with Crippen LogP contribution in [0.4, 0.5) is 5.69 Å². The molecule has 0 aliphatic carbocycles. The van der Waals surface area contributed by atoms with E-state index in [1.807, 2.05) is 30.3 Å². The molecule has 6 heteroatoms. The second-order valence-corrected chi connectivity index (χ2v) is 8.30. The summed E-state index contributed by atoms with van der Waals surface area (Å²) in [6.45, 7) is 7.60. The number of anilines is 1. The fourth-order valence-corrected chi connectivity index (χ4v) is 3.11. The molecule has 31 heavy (non-hydrogen) atoms. The maximum Gasteiger partial charge on any atom is 0.261 e. The van der Waals surface area contributed by atoms with Gasteiger partial charge in [0.2, 0.25) is 0 Å². The summed E-state index contributed by atoms with van der Waals surface area (Å²) in [4.78, 5) is 12.6. The highest BCUT2D eigenvalue weighted by Crippen LogP contribution is 2.19. The van der Waals surface area contributed by atoms with Crippen LogP contribution in [0.5, 0.6) is 11.5 Å². The van der Waals surface area contributed by atoms with E-state index in [4.69, 9.17) is 21.7 Å². The lowest BCUT2D eigenvalue weighted by molar-refractivity contribution is 0.0973. The van der Waals surface area contributed by atoms with Gasteiger partial charge in [-0.05, 0) is 61.0 Å². The third kappa shape index (κ3) is 9.39. The molecule has 0 aliphatic heterocycles. The highest BCUT2D eigenvalue weighted by atomic mass is 32.1. The van der Waals surface area contributed by atoms with E-state index in [1.165, 1.54) is 25.7 Å². The molecule has 1 amide bonds. The molecule has 0 fully saturated rings. The zero-order valence-corrected chi connectivity index (χ0v) is 19.6. The normalized spacial score (nSPS) is 10.6. The van der Waals surface area contributed by atoms with Crippen molar-refractivity contribution >= 4 is 28.9 Å². The summed E-state index contributed by atoms with van der Waals surface area (Å²) in [6.07, 6.45) is 6.06. The van der Waals surface area contributed by atoms with E-state index in [9.17, 15) is 4.79 Å². The first-order valence-electron chi connectivity index (χ1n) is 11.1. The molecule has 2 aromatic rings. The van der Waals surface area contributed by atoms with Crippen LogP contribution in [0.1, 0.15) is 63.2 Å². The number of carbonyl (C=O) groups is 1. The van der Waals surface area contributed by atoms with E-state index >= 15 is 0 Å². The van der Waals surface area contributed by atoms with Gasteiger partial charge in [0.05, 0.1) is 18.8 Å². The van der Waals surface area contributed by atoms with Crippen LogP contribution in [-0.4, -0.2) is 24.2 Å². The van der Waals surface area contributed by atoms with Crippen molar-refractivity contribution in [1.82, 2.24) is 5.32 Å². The van der Waals surface area contributed by atoms with Crippen molar-refractivity contribution in [2.75, 3.05) is 18.5 Å². The molecular formula is C25H34N2O3S. The van der Waals surface area contributed by atoms with Gasteiger partial charge in [0, 0.05) is 5.69 Å². The maximum atomic E-state index is 12.6. The molecule has 0 bridgehead atoms. The van der Waals surface area contributed by atoms with Gasteiger partial charge in [-0.15, -0.1) is 0 Å². The number of ether oxygens (including phenoxy) is 2. The van der Waals surface area contributed by atoms with Crippen molar-refractivity contribution in [2.45, 2.75) is 52.9 Å². The van der Waals surface area contributed by atoms with Crippen molar-refractivity contribution in [3.63, 3.8) is 0 Å². The van der Waals surface area contributed by atoms with E-state index in [-0.39, 0.29) is 11.0 Å². The highest BCUT2D eigenvalue weighted by Gasteiger charge is 2.14. The van der Waals surface area contributed by atoms with Crippen LogP contribution < -0.4 is 20.1 Å². The van der Waals surface area contributed by atoms with Crippen molar-refractivity contribution in [1.29, 1.82) is 0 Å². The maximum absolute atomic E-state index is 12.6. The number of thiocarbonyl (C=S) groups is 1. The molecule has 0 atom stereocenters. The minimum atomic E-state index is -0.306. The molecule has 2 aromatic carbocycles. The van der Waals surface area contributed by atoms with Crippen LogP contribution in [0.15, 0.2) is 48.5 Å². The first-order chi connectivity index (χ1) is 15.0. The molecule has 0 aromatic heterocycles. The van der Waals surface area contributed by atoms with Gasteiger partial charge in [-0.3, -0.25) is 10.1 Å². The van der Waals surface area contributed by atoms with Crippen LogP contribution >= 0.6 is 12.2 Å². The molecule has 0 saturated carbocycles. The van der Waals surface area contributed by atoms with Gasteiger partial charge in [-0.1, -0.05) is 58.6 Å². The SMILES string of the molecule is CCCCCCCOc1ccc(NC(=S)NC(=O)c2ccccc2OCC(C)C)cc1. The van der Waals surface area contributed by atoms with Crippen LogP contribution in [0.3, 0.4) is 0 Å². The fourth-order valence-electron chi connectivity index (χ4n) is 2.90. The number of nitrogens with one attached hydrogen (secondary N) is 2. The molecule has 5 nitrogen and oxygen atoms in total. The summed E-state index contributed by atoms with van der Waals surface area (Å²) in [6, 6.07) is 14.7. The van der Waals surface area contributed by atoms with Gasteiger partial charge in [-0.2, -0.15) is 0 Å². The highest BCUT2D eigenvalue weighted by molar-refractivity contribution is 7.80. The monoisotopic (exact) mass is 442 g/mol. The number of carbonyl (C=O) groups excluding carboxylic acids is 1. The number of benzene rings is 2. The Bertz CT molecular complexity index is 822. The molecule has 168 valence electrons. The van der Waals surface area contributed by atoms with Gasteiger partial charge in [0.25, 0.3) is 5.91 Å². The number of hydrogen-bond acceptors (Lipinski definition) is 4. The first-order valence-corrected chi connectivity index (χ1v) is 11.5. The molecule has 0 radical (unpaired) electrons. The molecule has 0 unspecified atom stereocenters. The Balaban J connectivity index is 1.81. The minimum Gasteiger partial charge on any atom is -0.494 e. The lowest BCUT2D eigenvalue weighted by Crippen LogP contribution is -2.34. The minimum absolute atomic E-state index is 0.230. The second-order valence-electron chi connectivity index (χ2n) is 7.90. The number of para-hydroxylation sites is 1. The van der Waals surface area contributed by atoms with E-state index in [1.54, 1.807) is 18.2 Å². The molecule has 0 heterocycles. The molecular weight excluding hydrogens is 408 g/mol. The van der Waals surface area contributed by atoms with Gasteiger partial charge in [0.1, 0.15) is 11.5 Å². The summed E-state index contributed by atoms with van der Waals surface area (Å²) in [5.41, 5.74) is 1.24. The van der Waals surface area contributed by atoms with Crippen molar-refractivity contribution in [2.24, 2.45) is 5.92 Å². The van der Waals surface area contributed by atoms with E-state index < -0.39 is 0 Å². The molecule has 2 rings (SSSR count). The van der Waals surface area contributed by atoms with Gasteiger partial charge < -0.3 is 14.8 Å². The Morgan fingerprint density at radius 3 is 2.39 bits per heavy atom. The smallest absolute Gasteiger partial charge is 0.261 e. The van der Waals surface area contributed by atoms with Crippen molar-refractivity contribution < 1.29 is 14.3 Å². The summed E-state index contributed by atoms with van der Waals surface area (Å²) in [5, 5.41) is 5.98. The third-order valence-corrected chi connectivity index (χ3v) is 4.76. The summed E-state index contributed by atoms with van der Waals surface area (Å²) >= 11 is 5.30. The predicted octanol–water partition coefficient (Wildman–Crippen LogP) is 6.20. The van der Waals surface area contributed by atoms with E-state index in [2.05, 4.69) is 31.4 Å².